The average Bonchev–Trinajstić information content (AvgIpc) is 3.16. The zero-order chi connectivity index (χ0) is 24.0. The van der Waals surface area contributed by atoms with Gasteiger partial charge in [0, 0.05) is 35.7 Å². The van der Waals surface area contributed by atoms with E-state index in [1.807, 2.05) is 13.0 Å². The van der Waals surface area contributed by atoms with Gasteiger partial charge in [0.1, 0.15) is 17.4 Å². The van der Waals surface area contributed by atoms with E-state index >= 15 is 0 Å². The van der Waals surface area contributed by atoms with Gasteiger partial charge >= 0.3 is 0 Å². The number of piperidine rings is 1. The normalized spacial score (nSPS) is 20.5. The molecule has 34 heavy (non-hydrogen) atoms. The number of benzene rings is 1. The Morgan fingerprint density at radius 1 is 1.12 bits per heavy atom. The standard InChI is InChI=1S/C25H29Cl2N7/c1-15(2)32-8-4-5-17(12-32)18-13-33(14-18)23-11-29-24-22(10-28)31-34(25(24)30-23)16(3)20-7-6-19(26)9-21(20)27/h6-7,9,11,15-18H,4-5,8,12-14H2,1-3H3/t16?,17-/m1/s1. The molecule has 7 nitrogen and oxygen atoms in total. The molecule has 2 aromatic heterocycles. The van der Waals surface area contributed by atoms with E-state index in [0.717, 1.165) is 30.4 Å². The van der Waals surface area contributed by atoms with Gasteiger partial charge in [-0.05, 0) is 69.7 Å². The van der Waals surface area contributed by atoms with Crippen LogP contribution in [-0.4, -0.2) is 56.9 Å². The summed E-state index contributed by atoms with van der Waals surface area (Å²) in [6, 6.07) is 7.94. The lowest BCUT2D eigenvalue weighted by Crippen LogP contribution is -2.54. The van der Waals surface area contributed by atoms with Crippen LogP contribution < -0.4 is 4.90 Å². The van der Waals surface area contributed by atoms with Crippen LogP contribution in [0.15, 0.2) is 24.4 Å². The molecule has 2 saturated heterocycles. The highest BCUT2D eigenvalue weighted by Gasteiger charge is 2.37. The summed E-state index contributed by atoms with van der Waals surface area (Å²) in [5.41, 5.74) is 2.24. The van der Waals surface area contributed by atoms with Gasteiger partial charge in [0.25, 0.3) is 0 Å². The molecule has 0 N–H and O–H groups in total. The minimum absolute atomic E-state index is 0.229. The fraction of sp³-hybridized carbons (Fsp3) is 0.520. The van der Waals surface area contributed by atoms with Gasteiger partial charge in [-0.25, -0.2) is 14.6 Å². The lowest BCUT2D eigenvalue weighted by atomic mass is 9.80. The molecule has 1 unspecified atom stereocenters. The van der Waals surface area contributed by atoms with Gasteiger partial charge in [-0.3, -0.25) is 0 Å². The molecule has 5 rings (SSSR count). The highest BCUT2D eigenvalue weighted by atomic mass is 35.5. The number of rotatable bonds is 5. The minimum atomic E-state index is -0.229. The summed E-state index contributed by atoms with van der Waals surface area (Å²) in [7, 11) is 0. The van der Waals surface area contributed by atoms with E-state index in [2.05, 4.69) is 39.8 Å². The first-order valence-electron chi connectivity index (χ1n) is 11.9. The average molecular weight is 498 g/mol. The molecule has 0 aliphatic carbocycles. The van der Waals surface area contributed by atoms with Crippen LogP contribution in [0.3, 0.4) is 0 Å². The Morgan fingerprint density at radius 3 is 2.62 bits per heavy atom. The largest absolute Gasteiger partial charge is 0.355 e. The second-order valence-electron chi connectivity index (χ2n) is 9.80. The fourth-order valence-electron chi connectivity index (χ4n) is 5.26. The number of likely N-dealkylation sites (tertiary alicyclic amines) is 1. The summed E-state index contributed by atoms with van der Waals surface area (Å²) < 4.78 is 1.75. The molecule has 4 heterocycles. The second-order valence-corrected chi connectivity index (χ2v) is 10.6. The van der Waals surface area contributed by atoms with Crippen molar-refractivity contribution in [1.29, 1.82) is 5.26 Å². The van der Waals surface area contributed by atoms with E-state index in [9.17, 15) is 5.26 Å². The maximum Gasteiger partial charge on any atom is 0.190 e. The lowest BCUT2D eigenvalue weighted by Gasteiger charge is -2.47. The van der Waals surface area contributed by atoms with Crippen molar-refractivity contribution >= 4 is 40.2 Å². The van der Waals surface area contributed by atoms with Crippen LogP contribution in [0.2, 0.25) is 10.0 Å². The molecular formula is C25H29Cl2N7. The molecule has 2 aliphatic heterocycles. The SMILES string of the molecule is CC(C)N1CCC[C@@H](C2CN(c3cnc4c(C#N)nn(C(C)c5ccc(Cl)cc5Cl)c4n3)C2)C1. The Kier molecular flexibility index (Phi) is 6.41. The van der Waals surface area contributed by atoms with E-state index in [1.54, 1.807) is 23.0 Å². The van der Waals surface area contributed by atoms with E-state index in [0.29, 0.717) is 33.2 Å². The zero-order valence-electron chi connectivity index (χ0n) is 19.7. The topological polar surface area (TPSA) is 73.9 Å². The smallest absolute Gasteiger partial charge is 0.190 e. The van der Waals surface area contributed by atoms with Crippen LogP contribution in [0.4, 0.5) is 5.82 Å². The first kappa shape index (κ1) is 23.3. The molecule has 2 fully saturated rings. The molecule has 2 atom stereocenters. The minimum Gasteiger partial charge on any atom is -0.355 e. The van der Waals surface area contributed by atoms with Crippen LogP contribution in [-0.2, 0) is 0 Å². The quantitative estimate of drug-likeness (QED) is 0.483. The maximum atomic E-state index is 9.62. The van der Waals surface area contributed by atoms with Crippen LogP contribution in [0, 0.1) is 23.2 Å². The third-order valence-electron chi connectivity index (χ3n) is 7.40. The number of nitriles is 1. The Morgan fingerprint density at radius 2 is 1.91 bits per heavy atom. The zero-order valence-corrected chi connectivity index (χ0v) is 21.3. The van der Waals surface area contributed by atoms with Crippen molar-refractivity contribution in [2.45, 2.75) is 45.7 Å². The molecule has 0 bridgehead atoms. The van der Waals surface area contributed by atoms with Crippen molar-refractivity contribution in [3.8, 4) is 6.07 Å². The first-order valence-corrected chi connectivity index (χ1v) is 12.7. The van der Waals surface area contributed by atoms with Gasteiger partial charge in [0.05, 0.1) is 12.2 Å². The van der Waals surface area contributed by atoms with E-state index in [4.69, 9.17) is 28.2 Å². The molecule has 2 aliphatic rings. The van der Waals surface area contributed by atoms with Crippen molar-refractivity contribution in [1.82, 2.24) is 24.6 Å². The Hall–Kier alpha value is -2.40. The van der Waals surface area contributed by atoms with Crippen molar-refractivity contribution < 1.29 is 0 Å². The van der Waals surface area contributed by atoms with E-state index in [1.165, 1.54) is 25.9 Å². The Labute approximate surface area is 210 Å². The number of halogens is 2. The van der Waals surface area contributed by atoms with Gasteiger partial charge in [-0.1, -0.05) is 29.3 Å². The predicted octanol–water partition coefficient (Wildman–Crippen LogP) is 5.17. The van der Waals surface area contributed by atoms with Crippen LogP contribution in [0.5, 0.6) is 0 Å². The monoisotopic (exact) mass is 497 g/mol. The number of nitrogens with zero attached hydrogens (tertiary/aromatic N) is 7. The number of aromatic nitrogens is 4. The summed E-state index contributed by atoms with van der Waals surface area (Å²) >= 11 is 12.5. The number of hydrogen-bond donors (Lipinski definition) is 0. The van der Waals surface area contributed by atoms with Crippen LogP contribution in [0.25, 0.3) is 11.2 Å². The van der Waals surface area contributed by atoms with Gasteiger partial charge in [-0.15, -0.1) is 0 Å². The van der Waals surface area contributed by atoms with Crippen molar-refractivity contribution in [3.05, 3.63) is 45.7 Å². The molecule has 1 aromatic carbocycles. The van der Waals surface area contributed by atoms with Crippen LogP contribution >= 0.6 is 23.2 Å². The van der Waals surface area contributed by atoms with Crippen molar-refractivity contribution in [2.24, 2.45) is 11.8 Å². The van der Waals surface area contributed by atoms with Gasteiger partial charge in [0.15, 0.2) is 11.3 Å². The number of hydrogen-bond acceptors (Lipinski definition) is 6. The third kappa shape index (κ3) is 4.24. The molecule has 9 heteroatoms. The predicted molar refractivity (Wildman–Crippen MR) is 135 cm³/mol. The third-order valence-corrected chi connectivity index (χ3v) is 7.96. The lowest BCUT2D eigenvalue weighted by molar-refractivity contribution is 0.0963. The summed E-state index contributed by atoms with van der Waals surface area (Å²) in [6.07, 6.45) is 4.36. The Bertz CT molecular complexity index is 1240. The van der Waals surface area contributed by atoms with E-state index in [-0.39, 0.29) is 11.7 Å². The van der Waals surface area contributed by atoms with E-state index < -0.39 is 0 Å². The molecule has 0 saturated carbocycles. The summed E-state index contributed by atoms with van der Waals surface area (Å²) in [5, 5.41) is 15.3. The van der Waals surface area contributed by atoms with Crippen molar-refractivity contribution in [3.63, 3.8) is 0 Å². The van der Waals surface area contributed by atoms with Gasteiger partial charge < -0.3 is 9.80 Å². The van der Waals surface area contributed by atoms with Crippen molar-refractivity contribution in [2.75, 3.05) is 31.1 Å². The first-order chi connectivity index (χ1) is 16.4. The summed E-state index contributed by atoms with van der Waals surface area (Å²) in [5.74, 6) is 2.26. The maximum absolute atomic E-state index is 9.62. The molecule has 0 radical (unpaired) electrons. The molecular weight excluding hydrogens is 469 g/mol. The molecule has 178 valence electrons. The number of anilines is 1. The summed E-state index contributed by atoms with van der Waals surface area (Å²) in [6.45, 7) is 11.0. The van der Waals surface area contributed by atoms with Gasteiger partial charge in [-0.2, -0.15) is 10.4 Å². The molecule has 0 amide bonds. The molecule has 0 spiro atoms. The van der Waals surface area contributed by atoms with Gasteiger partial charge in [0.2, 0.25) is 0 Å². The Balaban J connectivity index is 1.39. The number of fused-ring (bicyclic) bond motifs is 1. The second kappa shape index (κ2) is 9.33. The summed E-state index contributed by atoms with van der Waals surface area (Å²) in [4.78, 5) is 14.4. The fourth-order valence-corrected chi connectivity index (χ4v) is 5.83. The highest BCUT2D eigenvalue weighted by molar-refractivity contribution is 6.35. The van der Waals surface area contributed by atoms with Crippen LogP contribution in [0.1, 0.15) is 50.9 Å². The highest BCUT2D eigenvalue weighted by Crippen LogP contribution is 2.35. The molecule has 3 aromatic rings.